The molecule has 0 aliphatic rings. The first-order valence-electron chi connectivity index (χ1n) is 7.22. The fraction of sp³-hybridized carbons (Fsp3) is 0.235. The number of carbonyl (C=O) groups is 1. The summed E-state index contributed by atoms with van der Waals surface area (Å²) in [5.41, 5.74) is 0.898. The number of nitrogens with zero attached hydrogens (tertiary/aromatic N) is 1. The van der Waals surface area contributed by atoms with Crippen molar-refractivity contribution in [3.63, 3.8) is 0 Å². The fourth-order valence-corrected chi connectivity index (χ4v) is 3.32. The average molecular weight is 328 g/mol. The zero-order valence-corrected chi connectivity index (χ0v) is 13.9. The number of hydrogen-bond acceptors (Lipinski definition) is 5. The second-order valence-corrected chi connectivity index (χ2v) is 6.80. The van der Waals surface area contributed by atoms with Gasteiger partial charge in [0.2, 0.25) is 0 Å². The molecule has 0 saturated carbocycles. The molecule has 0 radical (unpaired) electrons. The van der Waals surface area contributed by atoms with E-state index >= 15 is 0 Å². The smallest absolute Gasteiger partial charge is 0.339 e. The van der Waals surface area contributed by atoms with Gasteiger partial charge in [-0.2, -0.15) is 0 Å². The summed E-state index contributed by atoms with van der Waals surface area (Å²) in [6.45, 7) is 5.52. The Labute approximate surface area is 137 Å². The fourth-order valence-electron chi connectivity index (χ4n) is 2.41. The second-order valence-electron chi connectivity index (χ2n) is 5.34. The summed E-state index contributed by atoms with van der Waals surface area (Å²) in [6, 6.07) is 8.87. The van der Waals surface area contributed by atoms with Crippen LogP contribution in [0.2, 0.25) is 0 Å². The Hall–Kier alpha value is -2.47. The molecule has 1 aromatic carbocycles. The summed E-state index contributed by atoms with van der Waals surface area (Å²) in [6.07, 6.45) is -0.639. The van der Waals surface area contributed by atoms with Crippen LogP contribution in [0.1, 0.15) is 39.0 Å². The molecule has 0 unspecified atom stereocenters. The Morgan fingerprint density at radius 2 is 2.04 bits per heavy atom. The van der Waals surface area contributed by atoms with Crippen LogP contribution in [0, 0.1) is 13.8 Å². The van der Waals surface area contributed by atoms with Crippen molar-refractivity contribution in [3.8, 4) is 0 Å². The van der Waals surface area contributed by atoms with Gasteiger partial charge in [-0.15, -0.1) is 11.3 Å². The molecule has 0 amide bonds. The zero-order valence-electron chi connectivity index (χ0n) is 13.0. The Morgan fingerprint density at radius 1 is 1.30 bits per heavy atom. The maximum Gasteiger partial charge on any atom is 0.339 e. The molecular weight excluding hydrogens is 312 g/mol. The number of aryl methyl sites for hydroxylation is 2. The number of aromatic amines is 1. The molecule has 1 atom stereocenters. The number of nitrogens with one attached hydrogen (secondary N) is 1. The van der Waals surface area contributed by atoms with E-state index in [1.807, 2.05) is 26.0 Å². The van der Waals surface area contributed by atoms with Gasteiger partial charge in [0.05, 0.1) is 16.5 Å². The quantitative estimate of drug-likeness (QED) is 0.747. The molecule has 2 heterocycles. The molecule has 0 aliphatic heterocycles. The molecule has 3 rings (SSSR count). The largest absolute Gasteiger partial charge is 0.451 e. The van der Waals surface area contributed by atoms with Gasteiger partial charge in [-0.1, -0.05) is 12.1 Å². The van der Waals surface area contributed by atoms with E-state index < -0.39 is 12.1 Å². The van der Waals surface area contributed by atoms with Gasteiger partial charge in [-0.3, -0.25) is 4.79 Å². The van der Waals surface area contributed by atoms with E-state index in [0.29, 0.717) is 22.3 Å². The van der Waals surface area contributed by atoms with E-state index in [1.165, 1.54) is 0 Å². The Bertz CT molecular complexity index is 942. The molecule has 3 aromatic rings. The summed E-state index contributed by atoms with van der Waals surface area (Å²) >= 11 is 1.55. The molecule has 0 aliphatic carbocycles. The van der Waals surface area contributed by atoms with E-state index in [1.54, 1.807) is 36.5 Å². The normalized spacial score (nSPS) is 12.3. The highest BCUT2D eigenvalue weighted by atomic mass is 32.1. The van der Waals surface area contributed by atoms with E-state index in [2.05, 4.69) is 9.97 Å². The number of benzene rings is 1. The number of hydrogen-bond donors (Lipinski definition) is 1. The van der Waals surface area contributed by atoms with E-state index in [0.717, 1.165) is 9.75 Å². The minimum atomic E-state index is -0.639. The number of rotatable bonds is 3. The molecule has 0 bridgehead atoms. The topological polar surface area (TPSA) is 72.0 Å². The monoisotopic (exact) mass is 328 g/mol. The lowest BCUT2D eigenvalue weighted by atomic mass is 10.2. The molecule has 1 N–H and O–H groups in total. The number of thiophene rings is 1. The van der Waals surface area contributed by atoms with Crippen LogP contribution in [-0.2, 0) is 4.74 Å². The number of H-pyrrole nitrogens is 1. The second kappa shape index (κ2) is 5.96. The summed E-state index contributed by atoms with van der Waals surface area (Å²) in [5, 5.41) is 0.513. The van der Waals surface area contributed by atoms with Gasteiger partial charge >= 0.3 is 5.97 Å². The van der Waals surface area contributed by atoms with Crippen LogP contribution in [0.15, 0.2) is 35.1 Å². The van der Waals surface area contributed by atoms with Gasteiger partial charge in [-0.25, -0.2) is 9.78 Å². The molecule has 118 valence electrons. The van der Waals surface area contributed by atoms with Crippen molar-refractivity contribution in [2.75, 3.05) is 0 Å². The molecule has 0 spiro atoms. The molecular formula is C17H16N2O3S. The first-order valence-corrected chi connectivity index (χ1v) is 8.04. The maximum absolute atomic E-state index is 12.3. The Kier molecular flexibility index (Phi) is 4.00. The Balaban J connectivity index is 1.89. The lowest BCUT2D eigenvalue weighted by Gasteiger charge is -2.13. The molecule has 6 heteroatoms. The highest BCUT2D eigenvalue weighted by Gasteiger charge is 2.19. The van der Waals surface area contributed by atoms with E-state index in [-0.39, 0.29) is 5.56 Å². The van der Waals surface area contributed by atoms with Crippen molar-refractivity contribution in [3.05, 3.63) is 61.8 Å². The van der Waals surface area contributed by atoms with Gasteiger partial charge in [0.15, 0.2) is 11.9 Å². The lowest BCUT2D eigenvalue weighted by molar-refractivity contribution is 0.0320. The van der Waals surface area contributed by atoms with Gasteiger partial charge in [-0.05, 0) is 39.0 Å². The highest BCUT2D eigenvalue weighted by Crippen LogP contribution is 2.23. The van der Waals surface area contributed by atoms with Crippen LogP contribution in [-0.4, -0.2) is 15.9 Å². The number of carbonyl (C=O) groups excluding carboxylic acids is 1. The van der Waals surface area contributed by atoms with Crippen LogP contribution in [0.4, 0.5) is 0 Å². The highest BCUT2D eigenvalue weighted by molar-refractivity contribution is 7.12. The molecule has 2 aromatic heterocycles. The van der Waals surface area contributed by atoms with Crippen molar-refractivity contribution < 1.29 is 9.53 Å². The van der Waals surface area contributed by atoms with Crippen LogP contribution in [0.3, 0.4) is 0 Å². The van der Waals surface area contributed by atoms with Crippen LogP contribution in [0.25, 0.3) is 10.9 Å². The van der Waals surface area contributed by atoms with Crippen LogP contribution < -0.4 is 5.56 Å². The molecule has 23 heavy (non-hydrogen) atoms. The van der Waals surface area contributed by atoms with Crippen molar-refractivity contribution >= 4 is 28.2 Å². The van der Waals surface area contributed by atoms with Crippen molar-refractivity contribution in [2.45, 2.75) is 26.9 Å². The summed E-state index contributed by atoms with van der Waals surface area (Å²) in [5.74, 6) is -0.0678. The van der Waals surface area contributed by atoms with Crippen molar-refractivity contribution in [1.82, 2.24) is 9.97 Å². The number of para-hydroxylation sites is 1. The SMILES string of the molecule is Cc1cc(C(=O)O[C@H](C)c2nc3ccccc3c(=O)[nH]2)c(C)s1. The third kappa shape index (κ3) is 3.03. The summed E-state index contributed by atoms with van der Waals surface area (Å²) < 4.78 is 5.46. The molecule has 0 saturated heterocycles. The standard InChI is InChI=1S/C17H16N2O3S/c1-9-8-13(11(3)23-9)17(21)22-10(2)15-18-14-7-5-4-6-12(14)16(20)19-15/h4-8,10H,1-3H3,(H,18,19,20)/t10-/m1/s1. The third-order valence-corrected chi connectivity index (χ3v) is 4.53. The number of aromatic nitrogens is 2. The van der Waals surface area contributed by atoms with Gasteiger partial charge in [0, 0.05) is 9.75 Å². The number of fused-ring (bicyclic) bond motifs is 1. The zero-order chi connectivity index (χ0) is 16.6. The minimum Gasteiger partial charge on any atom is -0.451 e. The van der Waals surface area contributed by atoms with Gasteiger partial charge in [0.25, 0.3) is 5.56 Å². The van der Waals surface area contributed by atoms with Crippen molar-refractivity contribution in [2.24, 2.45) is 0 Å². The van der Waals surface area contributed by atoms with Crippen molar-refractivity contribution in [1.29, 1.82) is 0 Å². The first-order chi connectivity index (χ1) is 11.0. The molecule has 0 fully saturated rings. The maximum atomic E-state index is 12.3. The number of esters is 1. The predicted octanol–water partition coefficient (Wildman–Crippen LogP) is 3.52. The minimum absolute atomic E-state index is 0.240. The number of ether oxygens (including phenoxy) is 1. The lowest BCUT2D eigenvalue weighted by Crippen LogP contribution is -2.17. The van der Waals surface area contributed by atoms with Gasteiger partial charge in [0.1, 0.15) is 0 Å². The predicted molar refractivity (Wildman–Crippen MR) is 90.0 cm³/mol. The van der Waals surface area contributed by atoms with Crippen LogP contribution in [0.5, 0.6) is 0 Å². The average Bonchev–Trinajstić information content (AvgIpc) is 2.86. The van der Waals surface area contributed by atoms with Gasteiger partial charge < -0.3 is 9.72 Å². The van der Waals surface area contributed by atoms with E-state index in [9.17, 15) is 9.59 Å². The first kappa shape index (κ1) is 15.4. The third-order valence-electron chi connectivity index (χ3n) is 3.56. The van der Waals surface area contributed by atoms with E-state index in [4.69, 9.17) is 4.74 Å². The Morgan fingerprint density at radius 3 is 2.74 bits per heavy atom. The van der Waals surface area contributed by atoms with Crippen LogP contribution >= 0.6 is 11.3 Å². The summed E-state index contributed by atoms with van der Waals surface area (Å²) in [4.78, 5) is 33.4. The summed E-state index contributed by atoms with van der Waals surface area (Å²) in [7, 11) is 0. The molecule has 5 nitrogen and oxygen atoms in total.